The van der Waals surface area contributed by atoms with Crippen molar-refractivity contribution in [3.63, 3.8) is 0 Å². The van der Waals surface area contributed by atoms with Crippen molar-refractivity contribution in [1.29, 1.82) is 5.26 Å². The summed E-state index contributed by atoms with van der Waals surface area (Å²) in [6.07, 6.45) is -4.93. The summed E-state index contributed by atoms with van der Waals surface area (Å²) < 4.78 is 70.8. The summed E-state index contributed by atoms with van der Waals surface area (Å²) in [5.41, 5.74) is 3.14. The minimum Gasteiger partial charge on any atom is -0.492 e. The average Bonchev–Trinajstić information content (AvgIpc) is 3.32. The van der Waals surface area contributed by atoms with Gasteiger partial charge in [-0.05, 0) is 25.1 Å². The molecule has 3 aromatic rings. The van der Waals surface area contributed by atoms with Gasteiger partial charge in [0.15, 0.2) is 0 Å². The summed E-state index contributed by atoms with van der Waals surface area (Å²) >= 11 is 0. The molecule has 1 saturated heterocycles. The first-order valence-electron chi connectivity index (χ1n) is 11.3. The number of hydrogen-bond donors (Lipinski definition) is 3. The van der Waals surface area contributed by atoms with E-state index in [0.29, 0.717) is 17.9 Å². The van der Waals surface area contributed by atoms with E-state index in [1.165, 1.54) is 0 Å². The maximum Gasteiger partial charge on any atom is 0.490 e. The number of aromatic nitrogens is 3. The summed E-state index contributed by atoms with van der Waals surface area (Å²) in [6, 6.07) is 8.24. The number of carboxylic acid groups (broad SMARTS) is 2. The van der Waals surface area contributed by atoms with E-state index in [2.05, 4.69) is 26.4 Å². The predicted molar refractivity (Wildman–Crippen MR) is 127 cm³/mol. The Labute approximate surface area is 222 Å². The maximum absolute atomic E-state index is 10.6. The minimum absolute atomic E-state index is 0.536. The van der Waals surface area contributed by atoms with Crippen LogP contribution in [0.1, 0.15) is 12.5 Å². The highest BCUT2D eigenvalue weighted by Gasteiger charge is 2.38. The van der Waals surface area contributed by atoms with Gasteiger partial charge in [-0.1, -0.05) is 0 Å². The first kappa shape index (κ1) is 31.6. The lowest BCUT2D eigenvalue weighted by Crippen LogP contribution is -2.43. The number of carboxylic acids is 2. The normalized spacial score (nSPS) is 13.3. The number of aliphatic carboxylic acids is 2. The molecule has 1 aliphatic heterocycles. The Morgan fingerprint density at radius 1 is 1.07 bits per heavy atom. The van der Waals surface area contributed by atoms with Gasteiger partial charge in [0, 0.05) is 43.5 Å². The Morgan fingerprint density at radius 3 is 2.10 bits per heavy atom. The average molecular weight is 576 g/mol. The van der Waals surface area contributed by atoms with E-state index in [0.717, 1.165) is 48.6 Å². The zero-order valence-electron chi connectivity index (χ0n) is 20.6. The van der Waals surface area contributed by atoms with Crippen LogP contribution in [-0.2, 0) is 9.59 Å². The van der Waals surface area contributed by atoms with Crippen LogP contribution in [0.25, 0.3) is 16.6 Å². The molecule has 11 nitrogen and oxygen atoms in total. The molecule has 4 heterocycles. The fraction of sp³-hybridized carbons (Fsp3) is 0.348. The van der Waals surface area contributed by atoms with Gasteiger partial charge in [0.1, 0.15) is 17.6 Å². The number of nitrogens with one attached hydrogen (secondary N) is 1. The molecule has 1 aliphatic rings. The molecule has 0 spiro atoms. The summed E-state index contributed by atoms with van der Waals surface area (Å²) in [6.45, 7) is 6.37. The fourth-order valence-electron chi connectivity index (χ4n) is 3.27. The topological polar surface area (TPSA) is 153 Å². The summed E-state index contributed by atoms with van der Waals surface area (Å²) in [5.74, 6) is -3.82. The molecular weight excluding hydrogens is 554 g/mol. The maximum atomic E-state index is 10.6. The lowest BCUT2D eigenvalue weighted by molar-refractivity contribution is -0.193. The molecule has 0 aliphatic carbocycles. The highest BCUT2D eigenvalue weighted by molar-refractivity contribution is 5.85. The molecule has 17 heteroatoms. The van der Waals surface area contributed by atoms with Gasteiger partial charge in [-0.15, -0.1) is 0 Å². The van der Waals surface area contributed by atoms with Gasteiger partial charge in [0.05, 0.1) is 30.1 Å². The van der Waals surface area contributed by atoms with E-state index in [1.807, 2.05) is 31.3 Å². The van der Waals surface area contributed by atoms with Gasteiger partial charge in [-0.3, -0.25) is 0 Å². The van der Waals surface area contributed by atoms with E-state index in [9.17, 15) is 31.6 Å². The van der Waals surface area contributed by atoms with Crippen LogP contribution in [0.3, 0.4) is 0 Å². The van der Waals surface area contributed by atoms with Crippen LogP contribution in [0.15, 0.2) is 36.8 Å². The molecule has 0 amide bonds. The number of carbonyl (C=O) groups is 2. The van der Waals surface area contributed by atoms with E-state index in [-0.39, 0.29) is 0 Å². The van der Waals surface area contributed by atoms with Gasteiger partial charge in [0.25, 0.3) is 0 Å². The highest BCUT2D eigenvalue weighted by atomic mass is 19.4. The summed E-state index contributed by atoms with van der Waals surface area (Å²) in [5, 5.41) is 31.3. The minimum atomic E-state index is -5.08. The second kappa shape index (κ2) is 13.5. The third-order valence-corrected chi connectivity index (χ3v) is 5.00. The second-order valence-corrected chi connectivity index (χ2v) is 7.73. The number of ether oxygens (including phenoxy) is 1. The monoisotopic (exact) mass is 576 g/mol. The molecule has 4 rings (SSSR count). The molecule has 0 bridgehead atoms. The number of halogens is 6. The zero-order valence-corrected chi connectivity index (χ0v) is 20.6. The van der Waals surface area contributed by atoms with Crippen LogP contribution in [-0.4, -0.2) is 81.9 Å². The lowest BCUT2D eigenvalue weighted by Gasteiger charge is -2.28. The molecule has 216 valence electrons. The molecule has 3 N–H and O–H groups in total. The van der Waals surface area contributed by atoms with Gasteiger partial charge < -0.3 is 25.2 Å². The number of nitrogens with zero attached hydrogens (tertiary/aromatic N) is 5. The second-order valence-electron chi connectivity index (χ2n) is 7.73. The number of anilines is 1. The number of alkyl halides is 6. The van der Waals surface area contributed by atoms with Crippen LogP contribution in [0, 0.1) is 11.3 Å². The SMILES string of the molecule is CCOc1cc(-c2ccc(N3CCNCC3)nc2)c2c(C#N)cnn2c1.O=C(O)C(F)(F)F.O=C(O)C(F)(F)F. The van der Waals surface area contributed by atoms with Crippen molar-refractivity contribution in [2.75, 3.05) is 37.7 Å². The zero-order chi connectivity index (χ0) is 30.1. The van der Waals surface area contributed by atoms with Crippen LogP contribution in [0.2, 0.25) is 0 Å². The number of fused-ring (bicyclic) bond motifs is 1. The van der Waals surface area contributed by atoms with Crippen molar-refractivity contribution in [1.82, 2.24) is 19.9 Å². The van der Waals surface area contributed by atoms with Crippen LogP contribution in [0.5, 0.6) is 5.75 Å². The van der Waals surface area contributed by atoms with Gasteiger partial charge in [-0.2, -0.15) is 36.7 Å². The summed E-state index contributed by atoms with van der Waals surface area (Å²) in [4.78, 5) is 24.7. The third kappa shape index (κ3) is 8.73. The van der Waals surface area contributed by atoms with Gasteiger partial charge in [-0.25, -0.2) is 19.1 Å². The van der Waals surface area contributed by atoms with Crippen LogP contribution in [0.4, 0.5) is 32.2 Å². The fourth-order valence-corrected chi connectivity index (χ4v) is 3.27. The Balaban J connectivity index is 0.000000333. The molecule has 40 heavy (non-hydrogen) atoms. The molecule has 0 aromatic carbocycles. The Hall–Kier alpha value is -4.59. The van der Waals surface area contributed by atoms with Crippen molar-refractivity contribution in [3.05, 3.63) is 42.4 Å². The largest absolute Gasteiger partial charge is 0.492 e. The number of pyridine rings is 2. The molecular formula is C23H22F6N6O5. The number of rotatable bonds is 4. The molecule has 0 radical (unpaired) electrons. The number of nitriles is 1. The molecule has 1 fully saturated rings. The quantitative estimate of drug-likeness (QED) is 0.394. The highest BCUT2D eigenvalue weighted by Crippen LogP contribution is 2.31. The third-order valence-electron chi connectivity index (χ3n) is 5.00. The first-order chi connectivity index (χ1) is 18.7. The van der Waals surface area contributed by atoms with Crippen molar-refractivity contribution < 1.29 is 50.9 Å². The Morgan fingerprint density at radius 2 is 1.65 bits per heavy atom. The van der Waals surface area contributed by atoms with E-state index < -0.39 is 24.3 Å². The van der Waals surface area contributed by atoms with Crippen molar-refractivity contribution in [3.8, 4) is 22.9 Å². The van der Waals surface area contributed by atoms with Crippen LogP contribution < -0.4 is 15.0 Å². The molecule has 3 aromatic heterocycles. The first-order valence-corrected chi connectivity index (χ1v) is 11.3. The van der Waals surface area contributed by atoms with Gasteiger partial charge in [0.2, 0.25) is 0 Å². The number of hydrogen-bond acceptors (Lipinski definition) is 8. The van der Waals surface area contributed by atoms with E-state index in [1.54, 1.807) is 16.9 Å². The Kier molecular flexibility index (Phi) is 10.6. The van der Waals surface area contributed by atoms with Gasteiger partial charge >= 0.3 is 24.3 Å². The smallest absolute Gasteiger partial charge is 0.490 e. The molecule has 0 saturated carbocycles. The summed E-state index contributed by atoms with van der Waals surface area (Å²) in [7, 11) is 0. The van der Waals surface area contributed by atoms with Crippen LogP contribution >= 0.6 is 0 Å². The van der Waals surface area contributed by atoms with Crippen molar-refractivity contribution >= 4 is 23.3 Å². The van der Waals surface area contributed by atoms with E-state index >= 15 is 0 Å². The predicted octanol–water partition coefficient (Wildman–Crippen LogP) is 3.34. The molecule has 0 atom stereocenters. The van der Waals surface area contributed by atoms with Crippen molar-refractivity contribution in [2.24, 2.45) is 0 Å². The lowest BCUT2D eigenvalue weighted by atomic mass is 10.1. The van der Waals surface area contributed by atoms with E-state index in [4.69, 9.17) is 24.5 Å². The Bertz CT molecular complexity index is 1320. The van der Waals surface area contributed by atoms with Crippen molar-refractivity contribution in [2.45, 2.75) is 19.3 Å². The number of piperazine rings is 1. The standard InChI is InChI=1S/C19H20N6O.2C2HF3O2/c1-2-26-16-9-17(19-15(10-20)12-23-25(19)13-16)14-3-4-18(22-11-14)24-7-5-21-6-8-24;2*3-2(4,5)1(6)7/h3-4,9,11-13,21H,2,5-8H2,1H3;2*(H,6,7). The molecule has 0 unspecified atom stereocenters.